The van der Waals surface area contributed by atoms with Gasteiger partial charge in [0.1, 0.15) is 5.54 Å². The van der Waals surface area contributed by atoms with Crippen molar-refractivity contribution in [3.05, 3.63) is 0 Å². The molecule has 0 spiro atoms. The maximum absolute atomic E-state index is 10.9. The maximum atomic E-state index is 10.9. The molecule has 0 saturated heterocycles. The molecule has 1 rings (SSSR count). The van der Waals surface area contributed by atoms with E-state index >= 15 is 0 Å². The molecule has 5 N–H and O–H groups in total. The Labute approximate surface area is 82.5 Å². The Balaban J connectivity index is 2.96. The highest BCUT2D eigenvalue weighted by molar-refractivity contribution is 5.79. The van der Waals surface area contributed by atoms with E-state index in [1.807, 2.05) is 0 Å². The quantitative estimate of drug-likeness (QED) is 0.451. The minimum atomic E-state index is -1.73. The predicted octanol–water partition coefficient (Wildman–Crippen LogP) is -0.690. The van der Waals surface area contributed by atoms with Gasteiger partial charge in [0.05, 0.1) is 11.7 Å². The fraction of sp³-hybridized carbons (Fsp3) is 0.889. The van der Waals surface area contributed by atoms with Crippen molar-refractivity contribution < 1.29 is 20.1 Å². The van der Waals surface area contributed by atoms with Gasteiger partial charge in [-0.15, -0.1) is 0 Å². The number of carboxylic acid groups (broad SMARTS) is 1. The zero-order valence-corrected chi connectivity index (χ0v) is 8.40. The average molecular weight is 203 g/mol. The van der Waals surface area contributed by atoms with Crippen LogP contribution in [-0.2, 0) is 4.79 Å². The van der Waals surface area contributed by atoms with Gasteiger partial charge < -0.3 is 21.1 Å². The van der Waals surface area contributed by atoms with Crippen molar-refractivity contribution >= 4 is 5.97 Å². The van der Waals surface area contributed by atoms with Gasteiger partial charge in [0.15, 0.2) is 0 Å². The van der Waals surface area contributed by atoms with Crippen LogP contribution in [0.15, 0.2) is 0 Å². The molecule has 0 radical (unpaired) electrons. The predicted molar refractivity (Wildman–Crippen MR) is 49.6 cm³/mol. The van der Waals surface area contributed by atoms with Crippen LogP contribution >= 0.6 is 0 Å². The number of carboxylic acids is 1. The molecular formula is C9H17NO4. The molecule has 14 heavy (non-hydrogen) atoms. The van der Waals surface area contributed by atoms with E-state index in [-0.39, 0.29) is 18.8 Å². The van der Waals surface area contributed by atoms with Crippen molar-refractivity contribution in [1.29, 1.82) is 0 Å². The second-order valence-electron chi connectivity index (χ2n) is 4.53. The third-order valence-corrected chi connectivity index (χ3v) is 3.28. The second kappa shape index (κ2) is 3.18. The van der Waals surface area contributed by atoms with Gasteiger partial charge in [-0.1, -0.05) is 6.92 Å². The summed E-state index contributed by atoms with van der Waals surface area (Å²) in [6, 6.07) is 0. The Morgan fingerprint density at radius 3 is 2.50 bits per heavy atom. The maximum Gasteiger partial charge on any atom is 0.326 e. The number of nitrogens with two attached hydrogens (primary N) is 1. The summed E-state index contributed by atoms with van der Waals surface area (Å²) in [5.41, 5.74) is 2.71. The van der Waals surface area contributed by atoms with Gasteiger partial charge >= 0.3 is 5.97 Å². The van der Waals surface area contributed by atoms with E-state index in [1.165, 1.54) is 0 Å². The summed E-state index contributed by atoms with van der Waals surface area (Å²) in [5, 5.41) is 28.4. The highest BCUT2D eigenvalue weighted by atomic mass is 16.4. The zero-order chi connectivity index (χ0) is 11.1. The van der Waals surface area contributed by atoms with E-state index in [1.54, 1.807) is 13.8 Å². The van der Waals surface area contributed by atoms with Crippen LogP contribution in [0.2, 0.25) is 0 Å². The summed E-state index contributed by atoms with van der Waals surface area (Å²) < 4.78 is 0. The first kappa shape index (κ1) is 11.4. The van der Waals surface area contributed by atoms with Crippen LogP contribution in [0.4, 0.5) is 0 Å². The van der Waals surface area contributed by atoms with Crippen molar-refractivity contribution in [2.45, 2.75) is 43.9 Å². The SMILES string of the molecule is C[C@H]1C[C@H](O)[C@@](N)(C(=O)O)C[C@@]1(C)O. The molecule has 1 aliphatic rings. The van der Waals surface area contributed by atoms with Crippen molar-refractivity contribution in [2.75, 3.05) is 0 Å². The third kappa shape index (κ3) is 1.63. The molecule has 0 bridgehead atoms. The fourth-order valence-corrected chi connectivity index (χ4v) is 1.90. The van der Waals surface area contributed by atoms with Crippen LogP contribution in [0.1, 0.15) is 26.7 Å². The molecule has 1 fully saturated rings. The molecule has 4 atom stereocenters. The molecule has 5 nitrogen and oxygen atoms in total. The molecular weight excluding hydrogens is 186 g/mol. The van der Waals surface area contributed by atoms with Crippen molar-refractivity contribution in [1.82, 2.24) is 0 Å². The van der Waals surface area contributed by atoms with Crippen molar-refractivity contribution in [2.24, 2.45) is 11.7 Å². The summed E-state index contributed by atoms with van der Waals surface area (Å²) in [6.45, 7) is 3.32. The van der Waals surface area contributed by atoms with E-state index < -0.39 is 23.2 Å². The first-order valence-corrected chi connectivity index (χ1v) is 4.63. The van der Waals surface area contributed by atoms with Crippen LogP contribution in [-0.4, -0.2) is 38.5 Å². The van der Waals surface area contributed by atoms with Gasteiger partial charge in [-0.25, -0.2) is 0 Å². The van der Waals surface area contributed by atoms with Crippen LogP contribution in [0, 0.1) is 5.92 Å². The topological polar surface area (TPSA) is 104 Å². The minimum absolute atomic E-state index is 0.127. The molecule has 0 heterocycles. The van der Waals surface area contributed by atoms with Crippen LogP contribution in [0.5, 0.6) is 0 Å². The van der Waals surface area contributed by atoms with Crippen LogP contribution < -0.4 is 5.73 Å². The third-order valence-electron chi connectivity index (χ3n) is 3.28. The lowest BCUT2D eigenvalue weighted by Crippen LogP contribution is -2.65. The van der Waals surface area contributed by atoms with Gasteiger partial charge in [0, 0.05) is 6.42 Å². The lowest BCUT2D eigenvalue weighted by Gasteiger charge is -2.45. The largest absolute Gasteiger partial charge is 0.480 e. The molecule has 82 valence electrons. The van der Waals surface area contributed by atoms with E-state index in [0.717, 1.165) is 0 Å². The highest BCUT2D eigenvalue weighted by Gasteiger charge is 2.53. The Morgan fingerprint density at radius 1 is 1.57 bits per heavy atom. The zero-order valence-electron chi connectivity index (χ0n) is 8.40. The van der Waals surface area contributed by atoms with Gasteiger partial charge in [-0.05, 0) is 19.3 Å². The van der Waals surface area contributed by atoms with Crippen molar-refractivity contribution in [3.8, 4) is 0 Å². The summed E-state index contributed by atoms with van der Waals surface area (Å²) in [6.07, 6.45) is -1.02. The number of carbonyl (C=O) groups is 1. The number of aliphatic hydroxyl groups is 2. The monoisotopic (exact) mass is 203 g/mol. The van der Waals surface area contributed by atoms with E-state index in [0.29, 0.717) is 0 Å². The molecule has 0 aromatic rings. The molecule has 0 aliphatic heterocycles. The smallest absolute Gasteiger partial charge is 0.326 e. The first-order chi connectivity index (χ1) is 6.20. The van der Waals surface area contributed by atoms with Gasteiger partial charge in [0.25, 0.3) is 0 Å². The Hall–Kier alpha value is -0.650. The number of aliphatic hydroxyl groups excluding tert-OH is 1. The summed E-state index contributed by atoms with van der Waals surface area (Å²) >= 11 is 0. The van der Waals surface area contributed by atoms with Gasteiger partial charge in [-0.3, -0.25) is 4.79 Å². The molecule has 5 heteroatoms. The Bertz CT molecular complexity index is 253. The normalized spacial score (nSPS) is 48.9. The molecule has 1 aliphatic carbocycles. The van der Waals surface area contributed by atoms with Crippen LogP contribution in [0.25, 0.3) is 0 Å². The van der Waals surface area contributed by atoms with E-state index in [2.05, 4.69) is 0 Å². The Kier molecular flexibility index (Phi) is 2.60. The number of rotatable bonds is 1. The van der Waals surface area contributed by atoms with E-state index in [4.69, 9.17) is 10.8 Å². The van der Waals surface area contributed by atoms with Crippen molar-refractivity contribution in [3.63, 3.8) is 0 Å². The number of hydrogen-bond acceptors (Lipinski definition) is 4. The standard InChI is InChI=1S/C9H17NO4/c1-5-3-6(11)9(10,7(12)13)4-8(5,2)14/h5-6,11,14H,3-4,10H2,1-2H3,(H,12,13)/t5-,6-,8+,9+/m0/s1. The van der Waals surface area contributed by atoms with Gasteiger partial charge in [0.2, 0.25) is 0 Å². The average Bonchev–Trinajstić information content (AvgIpc) is 2.00. The summed E-state index contributed by atoms with van der Waals surface area (Å²) in [7, 11) is 0. The fourth-order valence-electron chi connectivity index (χ4n) is 1.90. The molecule has 1 saturated carbocycles. The number of hydrogen-bond donors (Lipinski definition) is 4. The lowest BCUT2D eigenvalue weighted by molar-refractivity contribution is -0.162. The lowest BCUT2D eigenvalue weighted by atomic mass is 9.67. The molecule has 0 aromatic carbocycles. The minimum Gasteiger partial charge on any atom is -0.480 e. The molecule has 0 aromatic heterocycles. The van der Waals surface area contributed by atoms with E-state index in [9.17, 15) is 15.0 Å². The summed E-state index contributed by atoms with van der Waals surface area (Å²) in [5.74, 6) is -1.43. The first-order valence-electron chi connectivity index (χ1n) is 4.63. The second-order valence-corrected chi connectivity index (χ2v) is 4.53. The Morgan fingerprint density at radius 2 is 2.07 bits per heavy atom. The number of aliphatic carboxylic acids is 1. The van der Waals surface area contributed by atoms with Crippen LogP contribution in [0.3, 0.4) is 0 Å². The molecule has 0 unspecified atom stereocenters. The van der Waals surface area contributed by atoms with Gasteiger partial charge in [-0.2, -0.15) is 0 Å². The molecule has 0 amide bonds. The summed E-state index contributed by atoms with van der Waals surface area (Å²) in [4.78, 5) is 10.9. The highest BCUT2D eigenvalue weighted by Crippen LogP contribution is 2.38.